The molecule has 0 spiro atoms. The van der Waals surface area contributed by atoms with Gasteiger partial charge in [0.25, 0.3) is 5.56 Å². The molecule has 1 N–H and O–H groups in total. The van der Waals surface area contributed by atoms with E-state index < -0.39 is 6.10 Å². The first kappa shape index (κ1) is 17.9. The molecule has 28 heavy (non-hydrogen) atoms. The van der Waals surface area contributed by atoms with E-state index in [4.69, 9.17) is 4.74 Å². The Morgan fingerprint density at radius 2 is 1.93 bits per heavy atom. The fourth-order valence-corrected chi connectivity index (χ4v) is 3.07. The summed E-state index contributed by atoms with van der Waals surface area (Å²) in [6.45, 7) is 0.0968. The molecule has 2 aromatic heterocycles. The standard InChI is InChI=1S/C21H18FN3O3/c1-28-17-4-2-3-15(11-17)20(26)13-24-9-10-25-19(21(24)27)12-18(23-25)14-5-7-16(22)8-6-14/h2-12,20,26H,13H2,1H3. The van der Waals surface area contributed by atoms with E-state index in [9.17, 15) is 14.3 Å². The first-order chi connectivity index (χ1) is 13.5. The summed E-state index contributed by atoms with van der Waals surface area (Å²) in [6, 6.07) is 14.7. The Balaban J connectivity index is 1.65. The largest absolute Gasteiger partial charge is 0.497 e. The normalized spacial score (nSPS) is 12.2. The van der Waals surface area contributed by atoms with E-state index in [1.165, 1.54) is 21.2 Å². The lowest BCUT2D eigenvalue weighted by Gasteiger charge is -2.14. The van der Waals surface area contributed by atoms with Crippen LogP contribution in [0.1, 0.15) is 11.7 Å². The maximum atomic E-state index is 13.1. The number of aromatic nitrogens is 3. The van der Waals surface area contributed by atoms with Crippen molar-refractivity contribution in [3.05, 3.63) is 88.7 Å². The van der Waals surface area contributed by atoms with Crippen molar-refractivity contribution in [2.75, 3.05) is 7.11 Å². The molecule has 0 radical (unpaired) electrons. The Morgan fingerprint density at radius 3 is 2.68 bits per heavy atom. The number of benzene rings is 2. The van der Waals surface area contributed by atoms with Crippen molar-refractivity contribution >= 4 is 5.52 Å². The summed E-state index contributed by atoms with van der Waals surface area (Å²) >= 11 is 0. The number of rotatable bonds is 5. The second-order valence-corrected chi connectivity index (χ2v) is 6.41. The summed E-state index contributed by atoms with van der Waals surface area (Å²) in [7, 11) is 1.56. The van der Waals surface area contributed by atoms with Crippen LogP contribution in [0.25, 0.3) is 16.8 Å². The van der Waals surface area contributed by atoms with Gasteiger partial charge in [0.2, 0.25) is 0 Å². The van der Waals surface area contributed by atoms with E-state index in [0.717, 1.165) is 0 Å². The minimum absolute atomic E-state index is 0.0968. The molecule has 0 aliphatic carbocycles. The number of fused-ring (bicyclic) bond motifs is 1. The van der Waals surface area contributed by atoms with E-state index in [0.29, 0.717) is 28.1 Å². The highest BCUT2D eigenvalue weighted by atomic mass is 19.1. The van der Waals surface area contributed by atoms with Crippen LogP contribution in [0.3, 0.4) is 0 Å². The van der Waals surface area contributed by atoms with Gasteiger partial charge in [-0.25, -0.2) is 8.91 Å². The van der Waals surface area contributed by atoms with Crippen LogP contribution >= 0.6 is 0 Å². The predicted octanol–water partition coefficient (Wildman–Crippen LogP) is 3.04. The number of hydrogen-bond acceptors (Lipinski definition) is 4. The maximum Gasteiger partial charge on any atom is 0.276 e. The molecule has 0 aliphatic heterocycles. The Labute approximate surface area is 160 Å². The van der Waals surface area contributed by atoms with E-state index in [-0.39, 0.29) is 17.9 Å². The number of ether oxygens (including phenoxy) is 1. The van der Waals surface area contributed by atoms with E-state index in [1.807, 2.05) is 0 Å². The monoisotopic (exact) mass is 379 g/mol. The molecule has 7 heteroatoms. The Bertz CT molecular complexity index is 1180. The molecule has 0 aliphatic rings. The molecule has 1 atom stereocenters. The molecular formula is C21H18FN3O3. The molecule has 0 amide bonds. The zero-order valence-corrected chi connectivity index (χ0v) is 15.1. The molecule has 6 nitrogen and oxygen atoms in total. The lowest BCUT2D eigenvalue weighted by Crippen LogP contribution is -2.24. The molecule has 4 aromatic rings. The van der Waals surface area contributed by atoms with Gasteiger partial charge in [0.1, 0.15) is 17.1 Å². The second-order valence-electron chi connectivity index (χ2n) is 6.41. The highest BCUT2D eigenvalue weighted by Gasteiger charge is 2.13. The molecule has 1 unspecified atom stereocenters. The second kappa shape index (κ2) is 7.28. The molecule has 2 heterocycles. The number of methoxy groups -OCH3 is 1. The van der Waals surface area contributed by atoms with Gasteiger partial charge in [0, 0.05) is 18.0 Å². The Hall–Kier alpha value is -3.45. The smallest absolute Gasteiger partial charge is 0.276 e. The topological polar surface area (TPSA) is 68.8 Å². The van der Waals surface area contributed by atoms with Crippen LogP contribution in [0.2, 0.25) is 0 Å². The van der Waals surface area contributed by atoms with Gasteiger partial charge in [0.05, 0.1) is 25.5 Å². The molecule has 0 saturated carbocycles. The van der Waals surface area contributed by atoms with Crippen molar-refractivity contribution in [3.63, 3.8) is 0 Å². The van der Waals surface area contributed by atoms with Crippen molar-refractivity contribution in [2.45, 2.75) is 12.6 Å². The zero-order valence-electron chi connectivity index (χ0n) is 15.1. The number of halogens is 1. The van der Waals surface area contributed by atoms with Gasteiger partial charge >= 0.3 is 0 Å². The van der Waals surface area contributed by atoms with Crippen molar-refractivity contribution in [3.8, 4) is 17.0 Å². The third-order valence-corrected chi connectivity index (χ3v) is 4.59. The van der Waals surface area contributed by atoms with Crippen LogP contribution in [-0.4, -0.2) is 26.4 Å². The van der Waals surface area contributed by atoms with E-state index in [2.05, 4.69) is 5.10 Å². The van der Waals surface area contributed by atoms with Crippen LogP contribution in [0, 0.1) is 5.82 Å². The van der Waals surface area contributed by atoms with Gasteiger partial charge in [-0.2, -0.15) is 5.10 Å². The average Bonchev–Trinajstić information content (AvgIpc) is 3.16. The molecule has 0 saturated heterocycles. The van der Waals surface area contributed by atoms with Crippen molar-refractivity contribution in [2.24, 2.45) is 0 Å². The third kappa shape index (κ3) is 3.39. The Kier molecular flexibility index (Phi) is 4.67. The van der Waals surface area contributed by atoms with Gasteiger partial charge in [-0.15, -0.1) is 0 Å². The number of aliphatic hydroxyl groups excluding tert-OH is 1. The summed E-state index contributed by atoms with van der Waals surface area (Å²) < 4.78 is 21.2. The fourth-order valence-electron chi connectivity index (χ4n) is 3.07. The molecule has 142 valence electrons. The number of hydrogen-bond donors (Lipinski definition) is 1. The number of aliphatic hydroxyl groups is 1. The zero-order chi connectivity index (χ0) is 19.7. The molecule has 2 aromatic carbocycles. The Morgan fingerprint density at radius 1 is 1.14 bits per heavy atom. The highest BCUT2D eigenvalue weighted by Crippen LogP contribution is 2.21. The third-order valence-electron chi connectivity index (χ3n) is 4.59. The SMILES string of the molecule is COc1cccc(C(O)Cn2ccn3nc(-c4ccc(F)cc4)cc3c2=O)c1. The number of nitrogens with zero attached hydrogens (tertiary/aromatic N) is 3. The molecule has 0 fully saturated rings. The molecule has 0 bridgehead atoms. The van der Waals surface area contributed by atoms with Crippen molar-refractivity contribution in [1.29, 1.82) is 0 Å². The predicted molar refractivity (Wildman–Crippen MR) is 103 cm³/mol. The lowest BCUT2D eigenvalue weighted by molar-refractivity contribution is 0.155. The highest BCUT2D eigenvalue weighted by molar-refractivity contribution is 5.65. The lowest BCUT2D eigenvalue weighted by atomic mass is 10.1. The van der Waals surface area contributed by atoms with Crippen LogP contribution < -0.4 is 10.3 Å². The van der Waals surface area contributed by atoms with Crippen molar-refractivity contribution < 1.29 is 14.2 Å². The van der Waals surface area contributed by atoms with E-state index >= 15 is 0 Å². The summed E-state index contributed by atoms with van der Waals surface area (Å²) in [4.78, 5) is 12.8. The summed E-state index contributed by atoms with van der Waals surface area (Å²) in [5.41, 5.74) is 2.05. The van der Waals surface area contributed by atoms with E-state index in [1.54, 1.807) is 62.0 Å². The van der Waals surface area contributed by atoms with Crippen LogP contribution in [0.4, 0.5) is 4.39 Å². The van der Waals surface area contributed by atoms with Gasteiger partial charge in [-0.1, -0.05) is 12.1 Å². The van der Waals surface area contributed by atoms with Crippen LogP contribution in [-0.2, 0) is 6.54 Å². The maximum absolute atomic E-state index is 13.1. The first-order valence-electron chi connectivity index (χ1n) is 8.72. The summed E-state index contributed by atoms with van der Waals surface area (Å²) in [5, 5.41) is 14.9. The van der Waals surface area contributed by atoms with Crippen molar-refractivity contribution in [1.82, 2.24) is 14.2 Å². The van der Waals surface area contributed by atoms with Gasteiger partial charge in [-0.05, 0) is 48.0 Å². The summed E-state index contributed by atoms with van der Waals surface area (Å²) in [5.74, 6) is 0.306. The van der Waals surface area contributed by atoms with Gasteiger partial charge < -0.3 is 14.4 Å². The molecule has 4 rings (SSSR count). The van der Waals surface area contributed by atoms with Crippen LogP contribution in [0.15, 0.2) is 71.8 Å². The minimum Gasteiger partial charge on any atom is -0.497 e. The van der Waals surface area contributed by atoms with Crippen LogP contribution in [0.5, 0.6) is 5.75 Å². The quantitative estimate of drug-likeness (QED) is 0.579. The fraction of sp³-hybridized carbons (Fsp3) is 0.143. The minimum atomic E-state index is -0.866. The molecular weight excluding hydrogens is 361 g/mol. The van der Waals surface area contributed by atoms with Gasteiger partial charge in [0.15, 0.2) is 0 Å². The first-order valence-corrected chi connectivity index (χ1v) is 8.72. The van der Waals surface area contributed by atoms with Gasteiger partial charge in [-0.3, -0.25) is 4.79 Å². The average molecular weight is 379 g/mol. The summed E-state index contributed by atoms with van der Waals surface area (Å²) in [6.07, 6.45) is 2.37.